The van der Waals surface area contributed by atoms with Gasteiger partial charge in [-0.15, -0.1) is 0 Å². The number of carbonyl (C=O) groups is 2. The van der Waals surface area contributed by atoms with Crippen LogP contribution in [0.2, 0.25) is 5.02 Å². The lowest BCUT2D eigenvalue weighted by atomic mass is 9.77. The van der Waals surface area contributed by atoms with Crippen molar-refractivity contribution >= 4 is 23.4 Å². The maximum atomic E-state index is 13.2. The van der Waals surface area contributed by atoms with Crippen LogP contribution in [0.1, 0.15) is 40.7 Å². The zero-order valence-electron chi connectivity index (χ0n) is 15.2. The Hall–Kier alpha value is -2.33. The molecule has 2 aromatic rings. The molecule has 0 aromatic heterocycles. The van der Waals surface area contributed by atoms with E-state index in [1.54, 1.807) is 0 Å². The zero-order chi connectivity index (χ0) is 18.9. The van der Waals surface area contributed by atoms with Gasteiger partial charge in [0.25, 0.3) is 5.91 Å². The summed E-state index contributed by atoms with van der Waals surface area (Å²) >= 11 is 5.97. The van der Waals surface area contributed by atoms with Gasteiger partial charge in [-0.3, -0.25) is 9.59 Å². The summed E-state index contributed by atoms with van der Waals surface area (Å²) in [5.41, 5.74) is 2.98. The number of nitrogens with one attached hydrogen (secondary N) is 1. The van der Waals surface area contributed by atoms with Crippen LogP contribution in [0, 0.1) is 5.41 Å². The Morgan fingerprint density at radius 1 is 1.07 bits per heavy atom. The zero-order valence-corrected chi connectivity index (χ0v) is 16.0. The average molecular weight is 383 g/mol. The van der Waals surface area contributed by atoms with Crippen LogP contribution in [0.5, 0.6) is 0 Å². The quantitative estimate of drug-likeness (QED) is 0.880. The Labute approximate surface area is 164 Å². The van der Waals surface area contributed by atoms with Gasteiger partial charge in [0, 0.05) is 36.6 Å². The molecule has 2 aliphatic heterocycles. The number of rotatable bonds is 3. The Kier molecular flexibility index (Phi) is 4.92. The highest BCUT2D eigenvalue weighted by Crippen LogP contribution is 2.37. The Morgan fingerprint density at radius 2 is 1.78 bits per heavy atom. The van der Waals surface area contributed by atoms with E-state index in [0.717, 1.165) is 36.1 Å². The second-order valence-corrected chi connectivity index (χ2v) is 8.14. The van der Waals surface area contributed by atoms with Gasteiger partial charge in [0.05, 0.1) is 0 Å². The van der Waals surface area contributed by atoms with Gasteiger partial charge in [0.2, 0.25) is 5.91 Å². The fraction of sp³-hybridized carbons (Fsp3) is 0.364. The maximum Gasteiger partial charge on any atom is 0.254 e. The summed E-state index contributed by atoms with van der Waals surface area (Å²) in [6.45, 7) is 2.17. The molecule has 4 rings (SSSR count). The monoisotopic (exact) mass is 382 g/mol. The lowest BCUT2D eigenvalue weighted by Gasteiger charge is -2.38. The largest absolute Gasteiger partial charge is 0.356 e. The van der Waals surface area contributed by atoms with Crippen molar-refractivity contribution in [2.45, 2.75) is 25.7 Å². The van der Waals surface area contributed by atoms with Crippen molar-refractivity contribution in [1.82, 2.24) is 10.2 Å². The topological polar surface area (TPSA) is 49.4 Å². The van der Waals surface area contributed by atoms with E-state index in [2.05, 4.69) is 5.32 Å². The summed E-state index contributed by atoms with van der Waals surface area (Å²) in [6.07, 6.45) is 3.07. The molecule has 2 aliphatic rings. The number of hydrogen-bond acceptors (Lipinski definition) is 2. The molecule has 1 N–H and O–H groups in total. The molecule has 0 unspecified atom stereocenters. The molecule has 0 aliphatic carbocycles. The average Bonchev–Trinajstić information content (AvgIpc) is 3.04. The molecule has 0 bridgehead atoms. The third-order valence-corrected chi connectivity index (χ3v) is 6.12. The molecule has 2 amide bonds. The fourth-order valence-electron chi connectivity index (χ4n) is 4.16. The molecule has 1 spiro atoms. The molecule has 4 nitrogen and oxygen atoms in total. The first kappa shape index (κ1) is 18.1. The smallest absolute Gasteiger partial charge is 0.254 e. The van der Waals surface area contributed by atoms with Gasteiger partial charge in [0.1, 0.15) is 0 Å². The third-order valence-electron chi connectivity index (χ3n) is 5.86. The Morgan fingerprint density at radius 3 is 2.44 bits per heavy atom. The number of amides is 2. The van der Waals surface area contributed by atoms with E-state index in [1.165, 1.54) is 0 Å². The SMILES string of the molecule is O=C1CC2(CCN(C(=O)c3ccccc3Cc3ccc(Cl)cc3)CC2)CN1. The van der Waals surface area contributed by atoms with Crippen molar-refractivity contribution in [3.8, 4) is 0 Å². The van der Waals surface area contributed by atoms with Crippen LogP contribution < -0.4 is 5.32 Å². The molecule has 2 aromatic carbocycles. The third kappa shape index (κ3) is 3.86. The number of hydrogen-bond donors (Lipinski definition) is 1. The summed E-state index contributed by atoms with van der Waals surface area (Å²) in [5, 5.41) is 3.66. The first-order chi connectivity index (χ1) is 13.0. The Balaban J connectivity index is 1.48. The highest BCUT2D eigenvalue weighted by molar-refractivity contribution is 6.30. The standard InChI is InChI=1S/C22H23ClN2O2/c23-18-7-5-16(6-8-18)13-17-3-1-2-4-19(17)21(27)25-11-9-22(10-12-25)14-20(26)24-15-22/h1-8H,9-15H2,(H,24,26). The number of nitrogens with zero attached hydrogens (tertiary/aromatic N) is 1. The van der Waals surface area contributed by atoms with E-state index in [4.69, 9.17) is 11.6 Å². The maximum absolute atomic E-state index is 13.2. The lowest BCUT2D eigenvalue weighted by molar-refractivity contribution is -0.119. The van der Waals surface area contributed by atoms with E-state index >= 15 is 0 Å². The van der Waals surface area contributed by atoms with Crippen molar-refractivity contribution in [3.05, 3.63) is 70.2 Å². The van der Waals surface area contributed by atoms with Crippen molar-refractivity contribution in [2.24, 2.45) is 5.41 Å². The van der Waals surface area contributed by atoms with Gasteiger partial charge in [-0.1, -0.05) is 41.9 Å². The first-order valence-corrected chi connectivity index (χ1v) is 9.81. The second kappa shape index (κ2) is 7.35. The highest BCUT2D eigenvalue weighted by Gasteiger charge is 2.41. The van der Waals surface area contributed by atoms with Gasteiger partial charge >= 0.3 is 0 Å². The lowest BCUT2D eigenvalue weighted by Crippen LogP contribution is -2.44. The minimum absolute atomic E-state index is 0.0523. The van der Waals surface area contributed by atoms with Gasteiger partial charge in [-0.05, 0) is 54.0 Å². The number of benzene rings is 2. The predicted octanol–water partition coefficient (Wildman–Crippen LogP) is 3.67. The van der Waals surface area contributed by atoms with E-state index in [9.17, 15) is 9.59 Å². The van der Waals surface area contributed by atoms with E-state index < -0.39 is 0 Å². The molecule has 140 valence electrons. The summed E-state index contributed by atoms with van der Waals surface area (Å²) in [7, 11) is 0. The van der Waals surface area contributed by atoms with Crippen molar-refractivity contribution in [3.63, 3.8) is 0 Å². The minimum Gasteiger partial charge on any atom is -0.356 e. The number of halogens is 1. The van der Waals surface area contributed by atoms with Crippen LogP contribution in [0.15, 0.2) is 48.5 Å². The highest BCUT2D eigenvalue weighted by atomic mass is 35.5. The van der Waals surface area contributed by atoms with Crippen molar-refractivity contribution < 1.29 is 9.59 Å². The van der Waals surface area contributed by atoms with Crippen LogP contribution in [-0.2, 0) is 11.2 Å². The van der Waals surface area contributed by atoms with Gasteiger partial charge < -0.3 is 10.2 Å². The summed E-state index contributed by atoms with van der Waals surface area (Å²) in [6, 6.07) is 15.6. The van der Waals surface area contributed by atoms with Crippen molar-refractivity contribution in [2.75, 3.05) is 19.6 Å². The molecule has 5 heteroatoms. The number of piperidine rings is 1. The molecule has 0 atom stereocenters. The summed E-state index contributed by atoms with van der Waals surface area (Å²) < 4.78 is 0. The molecular weight excluding hydrogens is 360 g/mol. The van der Waals surface area contributed by atoms with E-state index in [1.807, 2.05) is 53.4 Å². The molecule has 2 saturated heterocycles. The van der Waals surface area contributed by atoms with Crippen LogP contribution in [-0.4, -0.2) is 36.3 Å². The van der Waals surface area contributed by atoms with E-state index in [-0.39, 0.29) is 17.2 Å². The fourth-order valence-corrected chi connectivity index (χ4v) is 4.29. The minimum atomic E-state index is 0.0523. The molecular formula is C22H23ClN2O2. The van der Waals surface area contributed by atoms with Gasteiger partial charge in [-0.2, -0.15) is 0 Å². The van der Waals surface area contributed by atoms with Crippen LogP contribution in [0.25, 0.3) is 0 Å². The number of likely N-dealkylation sites (tertiary alicyclic amines) is 1. The van der Waals surface area contributed by atoms with Crippen molar-refractivity contribution in [1.29, 1.82) is 0 Å². The normalized spacial score (nSPS) is 18.6. The predicted molar refractivity (Wildman–Crippen MR) is 106 cm³/mol. The Bertz CT molecular complexity index is 855. The molecule has 2 heterocycles. The van der Waals surface area contributed by atoms with Gasteiger partial charge in [0.15, 0.2) is 0 Å². The molecule has 0 saturated carbocycles. The second-order valence-electron chi connectivity index (χ2n) is 7.71. The van der Waals surface area contributed by atoms with Crippen LogP contribution in [0.4, 0.5) is 0 Å². The molecule has 2 fully saturated rings. The molecule has 0 radical (unpaired) electrons. The number of carbonyl (C=O) groups excluding carboxylic acids is 2. The first-order valence-electron chi connectivity index (χ1n) is 9.43. The van der Waals surface area contributed by atoms with Crippen LogP contribution >= 0.6 is 11.6 Å². The van der Waals surface area contributed by atoms with Crippen LogP contribution in [0.3, 0.4) is 0 Å². The molecule has 27 heavy (non-hydrogen) atoms. The van der Waals surface area contributed by atoms with Gasteiger partial charge in [-0.25, -0.2) is 0 Å². The summed E-state index contributed by atoms with van der Waals surface area (Å²) in [5.74, 6) is 0.231. The summed E-state index contributed by atoms with van der Waals surface area (Å²) in [4.78, 5) is 26.7. The van der Waals surface area contributed by atoms with E-state index in [0.29, 0.717) is 31.0 Å².